The van der Waals surface area contributed by atoms with Gasteiger partial charge in [0.1, 0.15) is 22.3 Å². The minimum Gasteiger partial charge on any atom is -0.493 e. The van der Waals surface area contributed by atoms with E-state index in [0.717, 1.165) is 136 Å². The van der Waals surface area contributed by atoms with E-state index in [4.69, 9.17) is 9.47 Å². The van der Waals surface area contributed by atoms with Crippen LogP contribution >= 0.6 is 0 Å². The molecule has 0 radical (unpaired) electrons. The van der Waals surface area contributed by atoms with Crippen LogP contribution in [0.1, 0.15) is 68.5 Å². The Kier molecular flexibility index (Phi) is 14.1. The monoisotopic (exact) mass is 955 g/mol. The van der Waals surface area contributed by atoms with Crippen LogP contribution < -0.4 is 20.1 Å². The second-order valence-electron chi connectivity index (χ2n) is 20.4. The first-order valence-electron chi connectivity index (χ1n) is 26.3. The summed E-state index contributed by atoms with van der Waals surface area (Å²) < 4.78 is 11.5. The summed E-state index contributed by atoms with van der Waals surface area (Å²) in [6.45, 7) is 7.71. The molecular weight excluding hydrogens is 889 g/mol. The third-order valence-electron chi connectivity index (χ3n) is 16.3. The molecule has 0 saturated carbocycles. The molecule has 4 aliphatic heterocycles. The summed E-state index contributed by atoms with van der Waals surface area (Å²) >= 11 is 0. The van der Waals surface area contributed by atoms with Crippen molar-refractivity contribution in [3.63, 3.8) is 0 Å². The molecular formula is C64H66N4O4. The SMILES string of the molecule is O=C(NCc1ccc(CNC(=O)C(c2ccccc2)(c2ccccc2)C2CCN(CCc3ccc4c(c3)CCO4)C2)cc1)C(c1ccccc1)(c1ccccc1)C1CCN(CCc2ccc3c(c2)CCO3)C1. The summed E-state index contributed by atoms with van der Waals surface area (Å²) in [4.78, 5) is 35.6. The highest BCUT2D eigenvalue weighted by molar-refractivity contribution is 5.93. The number of carbonyl (C=O) groups is 2. The van der Waals surface area contributed by atoms with Gasteiger partial charge in [-0.1, -0.05) is 170 Å². The zero-order chi connectivity index (χ0) is 48.7. The van der Waals surface area contributed by atoms with Crippen LogP contribution in [-0.2, 0) is 59.2 Å². The molecule has 2 amide bonds. The van der Waals surface area contributed by atoms with E-state index in [1.165, 1.54) is 22.3 Å². The first-order valence-corrected chi connectivity index (χ1v) is 26.3. The normalized spacial score (nSPS) is 17.7. The largest absolute Gasteiger partial charge is 0.493 e. The topological polar surface area (TPSA) is 83.1 Å². The van der Waals surface area contributed by atoms with Gasteiger partial charge in [0.25, 0.3) is 0 Å². The predicted octanol–water partition coefficient (Wildman–Crippen LogP) is 9.89. The second kappa shape index (κ2) is 21.4. The maximum Gasteiger partial charge on any atom is 0.235 e. The van der Waals surface area contributed by atoms with Crippen molar-refractivity contribution >= 4 is 11.8 Å². The van der Waals surface area contributed by atoms with Crippen molar-refractivity contribution in [2.45, 2.75) is 62.4 Å². The molecule has 7 aromatic carbocycles. The van der Waals surface area contributed by atoms with Gasteiger partial charge < -0.3 is 29.9 Å². The molecule has 0 aromatic heterocycles. The van der Waals surface area contributed by atoms with Gasteiger partial charge in [-0.15, -0.1) is 0 Å². The van der Waals surface area contributed by atoms with Crippen LogP contribution in [0.25, 0.3) is 0 Å². The molecule has 2 saturated heterocycles. The van der Waals surface area contributed by atoms with E-state index in [0.29, 0.717) is 13.1 Å². The summed E-state index contributed by atoms with van der Waals surface area (Å²) in [5.41, 5.74) is 9.59. The van der Waals surface area contributed by atoms with Crippen molar-refractivity contribution in [2.75, 3.05) is 52.5 Å². The minimum atomic E-state index is -0.884. The highest BCUT2D eigenvalue weighted by Crippen LogP contribution is 2.46. The Morgan fingerprint density at radius 1 is 0.458 bits per heavy atom. The Bertz CT molecular complexity index is 2670. The van der Waals surface area contributed by atoms with Gasteiger partial charge in [-0.25, -0.2) is 0 Å². The number of nitrogens with one attached hydrogen (secondary N) is 2. The molecule has 2 unspecified atom stereocenters. The maximum atomic E-state index is 15.3. The number of hydrogen-bond donors (Lipinski definition) is 2. The Hall–Kier alpha value is -7.00. The van der Waals surface area contributed by atoms with Crippen LogP contribution in [0.5, 0.6) is 11.5 Å². The molecule has 2 atom stereocenters. The number of rotatable bonds is 18. The quantitative estimate of drug-likeness (QED) is 0.0892. The highest BCUT2D eigenvalue weighted by Gasteiger charge is 2.52. The van der Waals surface area contributed by atoms with E-state index >= 15 is 9.59 Å². The molecule has 72 heavy (non-hydrogen) atoms. The Morgan fingerprint density at radius 2 is 0.806 bits per heavy atom. The molecule has 4 aliphatic rings. The summed E-state index contributed by atoms with van der Waals surface area (Å²) in [6.07, 6.45) is 5.70. The molecule has 7 aromatic rings. The lowest BCUT2D eigenvalue weighted by molar-refractivity contribution is -0.128. The van der Waals surface area contributed by atoms with E-state index in [-0.39, 0.29) is 23.7 Å². The molecule has 0 aliphatic carbocycles. The average molecular weight is 955 g/mol. The molecule has 2 fully saturated rings. The number of carbonyl (C=O) groups excluding carboxylic acids is 2. The van der Waals surface area contributed by atoms with Crippen molar-refractivity contribution in [1.29, 1.82) is 0 Å². The van der Waals surface area contributed by atoms with E-state index in [2.05, 4.69) is 178 Å². The number of likely N-dealkylation sites (tertiary alicyclic amines) is 2. The van der Waals surface area contributed by atoms with Crippen LogP contribution in [-0.4, -0.2) is 74.1 Å². The lowest BCUT2D eigenvalue weighted by Gasteiger charge is -2.39. The predicted molar refractivity (Wildman–Crippen MR) is 285 cm³/mol. The summed E-state index contributed by atoms with van der Waals surface area (Å²) in [5, 5.41) is 6.90. The fourth-order valence-corrected chi connectivity index (χ4v) is 12.5. The van der Waals surface area contributed by atoms with Gasteiger partial charge in [0.2, 0.25) is 11.8 Å². The van der Waals surface area contributed by atoms with E-state index < -0.39 is 10.8 Å². The van der Waals surface area contributed by atoms with Crippen molar-refractivity contribution in [1.82, 2.24) is 20.4 Å². The van der Waals surface area contributed by atoms with E-state index in [9.17, 15) is 0 Å². The van der Waals surface area contributed by atoms with Gasteiger partial charge in [0, 0.05) is 52.1 Å². The number of benzene rings is 7. The second-order valence-corrected chi connectivity index (χ2v) is 20.4. The Labute approximate surface area is 425 Å². The van der Waals surface area contributed by atoms with Gasteiger partial charge >= 0.3 is 0 Å². The first kappa shape index (κ1) is 47.3. The summed E-state index contributed by atoms with van der Waals surface area (Å²) in [7, 11) is 0. The third-order valence-corrected chi connectivity index (χ3v) is 16.3. The number of fused-ring (bicyclic) bond motifs is 2. The molecule has 2 N–H and O–H groups in total. The molecule has 0 bridgehead atoms. The van der Waals surface area contributed by atoms with Gasteiger partial charge in [-0.05, 0) is 118 Å². The van der Waals surface area contributed by atoms with Crippen LogP contribution in [0.15, 0.2) is 182 Å². The van der Waals surface area contributed by atoms with Crippen LogP contribution in [0.3, 0.4) is 0 Å². The number of ether oxygens (including phenoxy) is 2. The van der Waals surface area contributed by atoms with Crippen LogP contribution in [0.4, 0.5) is 0 Å². The zero-order valence-electron chi connectivity index (χ0n) is 41.3. The molecule has 0 spiro atoms. The van der Waals surface area contributed by atoms with Gasteiger partial charge in [-0.2, -0.15) is 0 Å². The fraction of sp³-hybridized carbons (Fsp3) is 0.312. The molecule has 366 valence electrons. The van der Waals surface area contributed by atoms with Crippen molar-refractivity contribution in [2.24, 2.45) is 11.8 Å². The van der Waals surface area contributed by atoms with Gasteiger partial charge in [0.05, 0.1) is 13.2 Å². The standard InChI is InChI=1S/C64H66N4O4/c69-61(63(53-13-5-1-6-14-53,54-15-7-2-8-16-54)57-31-37-67(45-57)35-29-47-25-27-59-51(41-47)33-39-71-59)65-43-49-21-23-50(24-22-49)44-66-62(70)64(55-17-9-3-10-18-55,56-19-11-4-12-20-56)58-32-38-68(46-58)36-30-48-26-28-60-52(42-48)34-40-72-60/h1-28,41-42,57-58H,29-40,43-46H2,(H,65,69)(H,66,70). The summed E-state index contributed by atoms with van der Waals surface area (Å²) in [5.74, 6) is 2.21. The van der Waals surface area contributed by atoms with Crippen LogP contribution in [0, 0.1) is 11.8 Å². The smallest absolute Gasteiger partial charge is 0.235 e. The molecule has 8 nitrogen and oxygen atoms in total. The average Bonchev–Trinajstić information content (AvgIpc) is 4.30. The zero-order valence-corrected chi connectivity index (χ0v) is 41.3. The highest BCUT2D eigenvalue weighted by atomic mass is 16.5. The summed E-state index contributed by atoms with van der Waals surface area (Å²) in [6, 6.07) is 63.2. The lowest BCUT2D eigenvalue weighted by atomic mass is 9.64. The molecule has 11 rings (SSSR count). The van der Waals surface area contributed by atoms with Crippen molar-refractivity contribution in [3.8, 4) is 11.5 Å². The Morgan fingerprint density at radius 3 is 1.17 bits per heavy atom. The fourth-order valence-electron chi connectivity index (χ4n) is 12.5. The van der Waals surface area contributed by atoms with Crippen molar-refractivity contribution < 1.29 is 19.1 Å². The van der Waals surface area contributed by atoms with E-state index in [1.54, 1.807) is 0 Å². The van der Waals surface area contributed by atoms with Gasteiger partial charge in [-0.3, -0.25) is 9.59 Å². The third kappa shape index (κ3) is 9.58. The van der Waals surface area contributed by atoms with Crippen molar-refractivity contribution in [3.05, 3.63) is 238 Å². The number of nitrogens with zero attached hydrogens (tertiary/aromatic N) is 2. The Balaban J connectivity index is 0.786. The maximum absolute atomic E-state index is 15.3. The van der Waals surface area contributed by atoms with E-state index in [1.807, 2.05) is 24.3 Å². The first-order chi connectivity index (χ1) is 35.5. The molecule has 8 heteroatoms. The molecule has 4 heterocycles. The number of hydrogen-bond acceptors (Lipinski definition) is 6. The minimum absolute atomic E-state index is 0.0173. The number of amides is 2. The lowest BCUT2D eigenvalue weighted by Crippen LogP contribution is -2.51. The van der Waals surface area contributed by atoms with Gasteiger partial charge in [0.15, 0.2) is 0 Å². The van der Waals surface area contributed by atoms with Crippen LogP contribution in [0.2, 0.25) is 0 Å².